The Hall–Kier alpha value is -0.460. The Labute approximate surface area is 166 Å². The summed E-state index contributed by atoms with van der Waals surface area (Å²) in [5.74, 6) is 0.857. The summed E-state index contributed by atoms with van der Waals surface area (Å²) < 4.78 is 25.1. The molecule has 0 unspecified atom stereocenters. The molecular weight excluding hydrogens is 461 g/mol. The molecule has 0 spiro atoms. The number of aliphatic imine (C=N–C) groups is 1. The van der Waals surface area contributed by atoms with Crippen LogP contribution in [0, 0.1) is 6.92 Å². The zero-order valence-electron chi connectivity index (χ0n) is 14.5. The summed E-state index contributed by atoms with van der Waals surface area (Å²) in [5.41, 5.74) is 0. The molecule has 24 heavy (non-hydrogen) atoms. The smallest absolute Gasteiger partial charge is 0.211 e. The minimum absolute atomic E-state index is 0. The van der Waals surface area contributed by atoms with Gasteiger partial charge in [-0.25, -0.2) is 18.1 Å². The first-order valence-electron chi connectivity index (χ1n) is 7.87. The van der Waals surface area contributed by atoms with Crippen molar-refractivity contribution < 1.29 is 8.42 Å². The molecule has 0 radical (unpaired) electrons. The summed E-state index contributed by atoms with van der Waals surface area (Å²) in [6.07, 6.45) is 3.41. The molecule has 0 fully saturated rings. The van der Waals surface area contributed by atoms with Gasteiger partial charge < -0.3 is 10.6 Å². The predicted molar refractivity (Wildman–Crippen MR) is 112 cm³/mol. The standard InChI is InChI=1S/C14H27N5O2S2.HI/c1-4-15-14(16-8-6-9-19-23(20,21)5-2)17-10-7-13-18-11-12(3)22-13;/h11,19H,4-10H2,1-3H3,(H2,15,16,17);1H. The van der Waals surface area contributed by atoms with E-state index in [1.807, 2.05) is 20.0 Å². The van der Waals surface area contributed by atoms with Gasteiger partial charge in [-0.15, -0.1) is 35.3 Å². The van der Waals surface area contributed by atoms with Crippen LogP contribution in [-0.2, 0) is 16.4 Å². The normalized spacial score (nSPS) is 11.9. The largest absolute Gasteiger partial charge is 0.357 e. The summed E-state index contributed by atoms with van der Waals surface area (Å²) in [5, 5.41) is 7.55. The number of hydrogen-bond donors (Lipinski definition) is 3. The van der Waals surface area contributed by atoms with Gasteiger partial charge in [0.05, 0.1) is 10.8 Å². The van der Waals surface area contributed by atoms with E-state index in [2.05, 4.69) is 25.3 Å². The maximum absolute atomic E-state index is 11.3. The van der Waals surface area contributed by atoms with Crippen LogP contribution in [0.1, 0.15) is 30.2 Å². The number of aromatic nitrogens is 1. The third kappa shape index (κ3) is 10.4. The number of halogens is 1. The highest BCUT2D eigenvalue weighted by Crippen LogP contribution is 2.10. The van der Waals surface area contributed by atoms with Crippen LogP contribution in [-0.4, -0.2) is 51.3 Å². The van der Waals surface area contributed by atoms with Crippen LogP contribution in [0.25, 0.3) is 0 Å². The molecule has 1 aromatic rings. The number of guanidine groups is 1. The topological polar surface area (TPSA) is 95.5 Å². The van der Waals surface area contributed by atoms with Gasteiger partial charge in [-0.05, 0) is 27.2 Å². The Morgan fingerprint density at radius 3 is 2.62 bits per heavy atom. The Kier molecular flexibility index (Phi) is 12.6. The molecule has 0 aliphatic carbocycles. The van der Waals surface area contributed by atoms with Gasteiger partial charge in [-0.2, -0.15) is 0 Å². The Morgan fingerprint density at radius 1 is 1.29 bits per heavy atom. The van der Waals surface area contributed by atoms with Crippen molar-refractivity contribution in [2.45, 2.75) is 33.6 Å². The van der Waals surface area contributed by atoms with Crippen molar-refractivity contribution in [3.8, 4) is 0 Å². The van der Waals surface area contributed by atoms with E-state index in [4.69, 9.17) is 0 Å². The second-order valence-electron chi connectivity index (χ2n) is 4.95. The summed E-state index contributed by atoms with van der Waals surface area (Å²) in [4.78, 5) is 9.98. The average molecular weight is 489 g/mol. The summed E-state index contributed by atoms with van der Waals surface area (Å²) in [7, 11) is -3.11. The van der Waals surface area contributed by atoms with Crippen molar-refractivity contribution >= 4 is 51.3 Å². The molecule has 0 aliphatic heterocycles. The van der Waals surface area contributed by atoms with Gasteiger partial charge in [0.2, 0.25) is 10.0 Å². The van der Waals surface area contributed by atoms with Gasteiger partial charge in [0, 0.05) is 43.7 Å². The Morgan fingerprint density at radius 2 is 2.04 bits per heavy atom. The molecule has 0 saturated carbocycles. The maximum Gasteiger partial charge on any atom is 0.211 e. The molecule has 1 rings (SSSR count). The first-order valence-corrected chi connectivity index (χ1v) is 10.3. The van der Waals surface area contributed by atoms with Crippen molar-refractivity contribution in [2.24, 2.45) is 4.99 Å². The van der Waals surface area contributed by atoms with E-state index in [1.54, 1.807) is 18.3 Å². The predicted octanol–water partition coefficient (Wildman–Crippen LogP) is 1.50. The maximum atomic E-state index is 11.3. The number of hydrogen-bond acceptors (Lipinski definition) is 5. The summed E-state index contributed by atoms with van der Waals surface area (Å²) in [6, 6.07) is 0. The lowest BCUT2D eigenvalue weighted by Crippen LogP contribution is -2.38. The number of nitrogens with zero attached hydrogens (tertiary/aromatic N) is 2. The molecule has 0 amide bonds. The lowest BCUT2D eigenvalue weighted by atomic mass is 10.4. The van der Waals surface area contributed by atoms with E-state index in [1.165, 1.54) is 4.88 Å². The van der Waals surface area contributed by atoms with Gasteiger partial charge in [-0.3, -0.25) is 4.99 Å². The number of thiazole rings is 1. The highest BCUT2D eigenvalue weighted by Gasteiger charge is 2.04. The second-order valence-corrected chi connectivity index (χ2v) is 8.37. The monoisotopic (exact) mass is 489 g/mol. The molecular formula is C14H28IN5O2S2. The van der Waals surface area contributed by atoms with E-state index in [0.717, 1.165) is 30.5 Å². The average Bonchev–Trinajstić information content (AvgIpc) is 2.92. The van der Waals surface area contributed by atoms with Crippen molar-refractivity contribution in [1.29, 1.82) is 0 Å². The molecule has 0 atom stereocenters. The van der Waals surface area contributed by atoms with Crippen LogP contribution >= 0.6 is 35.3 Å². The highest BCUT2D eigenvalue weighted by atomic mass is 127. The van der Waals surface area contributed by atoms with Crippen LogP contribution in [0.4, 0.5) is 0 Å². The van der Waals surface area contributed by atoms with Crippen molar-refractivity contribution in [1.82, 2.24) is 20.3 Å². The number of aryl methyl sites for hydroxylation is 1. The molecule has 0 aromatic carbocycles. The highest BCUT2D eigenvalue weighted by molar-refractivity contribution is 14.0. The van der Waals surface area contributed by atoms with Crippen LogP contribution in [0.15, 0.2) is 11.2 Å². The molecule has 7 nitrogen and oxygen atoms in total. The zero-order chi connectivity index (χ0) is 17.1. The minimum atomic E-state index is -3.11. The van der Waals surface area contributed by atoms with E-state index < -0.39 is 10.0 Å². The lowest BCUT2D eigenvalue weighted by Gasteiger charge is -2.10. The van der Waals surface area contributed by atoms with E-state index in [9.17, 15) is 8.42 Å². The molecule has 3 N–H and O–H groups in total. The second kappa shape index (κ2) is 12.8. The van der Waals surface area contributed by atoms with Crippen molar-refractivity contribution in [3.05, 3.63) is 16.1 Å². The Bertz CT molecular complexity index is 590. The third-order valence-electron chi connectivity index (χ3n) is 2.95. The number of sulfonamides is 1. The fraction of sp³-hybridized carbons (Fsp3) is 0.714. The fourth-order valence-corrected chi connectivity index (χ4v) is 3.19. The van der Waals surface area contributed by atoms with E-state index in [0.29, 0.717) is 19.5 Å². The minimum Gasteiger partial charge on any atom is -0.357 e. The quantitative estimate of drug-likeness (QED) is 0.200. The number of nitrogens with one attached hydrogen (secondary N) is 3. The molecule has 0 aliphatic rings. The van der Waals surface area contributed by atoms with Gasteiger partial charge in [0.1, 0.15) is 0 Å². The molecule has 0 saturated heterocycles. The van der Waals surface area contributed by atoms with Crippen LogP contribution in [0.2, 0.25) is 0 Å². The van der Waals surface area contributed by atoms with E-state index in [-0.39, 0.29) is 29.7 Å². The molecule has 140 valence electrons. The van der Waals surface area contributed by atoms with Crippen LogP contribution < -0.4 is 15.4 Å². The Balaban J connectivity index is 0.00000529. The summed E-state index contributed by atoms with van der Waals surface area (Å²) >= 11 is 1.71. The van der Waals surface area contributed by atoms with Gasteiger partial charge in [0.15, 0.2) is 5.96 Å². The molecule has 1 heterocycles. The lowest BCUT2D eigenvalue weighted by molar-refractivity contribution is 0.581. The third-order valence-corrected chi connectivity index (χ3v) is 5.33. The first-order chi connectivity index (χ1) is 11.0. The number of rotatable bonds is 10. The van der Waals surface area contributed by atoms with Crippen molar-refractivity contribution in [3.63, 3.8) is 0 Å². The van der Waals surface area contributed by atoms with Gasteiger partial charge in [-0.1, -0.05) is 0 Å². The molecule has 10 heteroatoms. The molecule has 0 bridgehead atoms. The zero-order valence-corrected chi connectivity index (χ0v) is 18.4. The van der Waals surface area contributed by atoms with E-state index >= 15 is 0 Å². The molecule has 1 aromatic heterocycles. The van der Waals surface area contributed by atoms with Gasteiger partial charge in [0.25, 0.3) is 0 Å². The van der Waals surface area contributed by atoms with Crippen LogP contribution in [0.3, 0.4) is 0 Å². The van der Waals surface area contributed by atoms with Crippen molar-refractivity contribution in [2.75, 3.05) is 31.9 Å². The van der Waals surface area contributed by atoms with Gasteiger partial charge >= 0.3 is 0 Å². The van der Waals surface area contributed by atoms with Crippen LogP contribution in [0.5, 0.6) is 0 Å². The summed E-state index contributed by atoms with van der Waals surface area (Å²) in [6.45, 7) is 8.21. The first kappa shape index (κ1) is 23.5. The fourth-order valence-electron chi connectivity index (χ4n) is 1.75. The SMILES string of the molecule is CCNC(=NCCCNS(=O)(=O)CC)NCCc1ncc(C)s1.I.